The van der Waals surface area contributed by atoms with Gasteiger partial charge < -0.3 is 9.73 Å². The molecule has 1 atom stereocenters. The van der Waals surface area contributed by atoms with Gasteiger partial charge in [0.15, 0.2) is 0 Å². The van der Waals surface area contributed by atoms with E-state index in [-0.39, 0.29) is 6.04 Å². The molecule has 0 radical (unpaired) electrons. The van der Waals surface area contributed by atoms with Crippen LogP contribution < -0.4 is 5.32 Å². The summed E-state index contributed by atoms with van der Waals surface area (Å²) in [6.45, 7) is 4.12. The molecule has 0 saturated carbocycles. The summed E-state index contributed by atoms with van der Waals surface area (Å²) >= 11 is 0. The van der Waals surface area contributed by atoms with Gasteiger partial charge in [-0.1, -0.05) is 17.7 Å². The Labute approximate surface area is 95.5 Å². The molecule has 0 aliphatic heterocycles. The van der Waals surface area contributed by atoms with Crippen LogP contribution in [0.2, 0.25) is 0 Å². The Morgan fingerprint density at radius 1 is 1.25 bits per heavy atom. The van der Waals surface area contributed by atoms with Crippen molar-refractivity contribution >= 4 is 0 Å². The Hall–Kier alpha value is -1.61. The van der Waals surface area contributed by atoms with E-state index in [2.05, 4.69) is 36.3 Å². The number of benzene rings is 1. The summed E-state index contributed by atoms with van der Waals surface area (Å²) in [6.07, 6.45) is 1.70. The first-order valence-corrected chi connectivity index (χ1v) is 5.40. The Morgan fingerprint density at radius 2 is 1.94 bits per heavy atom. The monoisotopic (exact) mass is 216 g/mol. The molecule has 2 rings (SSSR count). The van der Waals surface area contributed by atoms with Crippen molar-refractivity contribution in [3.05, 3.63) is 41.8 Å². The number of aromatic nitrogens is 1. The van der Waals surface area contributed by atoms with Crippen LogP contribution in [0.15, 0.2) is 34.9 Å². The molecule has 3 heteroatoms. The number of hydrogen-bond donors (Lipinski definition) is 1. The second kappa shape index (κ2) is 4.49. The average molecular weight is 216 g/mol. The largest absolute Gasteiger partial charge is 0.444 e. The van der Waals surface area contributed by atoms with Gasteiger partial charge in [0, 0.05) is 11.6 Å². The molecule has 0 amide bonds. The van der Waals surface area contributed by atoms with E-state index in [9.17, 15) is 0 Å². The van der Waals surface area contributed by atoms with Crippen molar-refractivity contribution in [3.8, 4) is 11.5 Å². The van der Waals surface area contributed by atoms with Crippen LogP contribution in [-0.2, 0) is 0 Å². The number of aryl methyl sites for hydroxylation is 1. The predicted molar refractivity (Wildman–Crippen MR) is 64.2 cm³/mol. The quantitative estimate of drug-likeness (QED) is 0.857. The lowest BCUT2D eigenvalue weighted by Gasteiger charge is -2.03. The average Bonchev–Trinajstić information content (AvgIpc) is 2.78. The van der Waals surface area contributed by atoms with E-state index in [1.165, 1.54) is 5.56 Å². The molecule has 3 nitrogen and oxygen atoms in total. The highest BCUT2D eigenvalue weighted by atomic mass is 16.3. The molecule has 2 aromatic rings. The molecule has 0 aliphatic carbocycles. The summed E-state index contributed by atoms with van der Waals surface area (Å²) in [4.78, 5) is 4.45. The van der Waals surface area contributed by atoms with Crippen molar-refractivity contribution in [1.29, 1.82) is 0 Å². The molecular formula is C13H16N2O. The molecule has 1 unspecified atom stereocenters. The van der Waals surface area contributed by atoms with Gasteiger partial charge in [0.05, 0.1) is 5.69 Å². The van der Waals surface area contributed by atoms with Gasteiger partial charge in [-0.25, -0.2) is 4.98 Å². The van der Waals surface area contributed by atoms with Gasteiger partial charge >= 0.3 is 0 Å². The van der Waals surface area contributed by atoms with Crippen LogP contribution in [0.5, 0.6) is 0 Å². The van der Waals surface area contributed by atoms with Crippen LogP contribution in [0, 0.1) is 6.92 Å². The normalized spacial score (nSPS) is 12.7. The number of hydrogen-bond acceptors (Lipinski definition) is 3. The Bertz CT molecular complexity index is 459. The maximum Gasteiger partial charge on any atom is 0.226 e. The first kappa shape index (κ1) is 10.9. The van der Waals surface area contributed by atoms with E-state index in [0.29, 0.717) is 5.89 Å². The van der Waals surface area contributed by atoms with E-state index in [4.69, 9.17) is 4.42 Å². The van der Waals surface area contributed by atoms with Gasteiger partial charge in [0.25, 0.3) is 0 Å². The standard InChI is InChI=1S/C13H16N2O/c1-9-4-6-11(7-5-9)13-15-12(8-16-13)10(2)14-3/h4-8,10,14H,1-3H3. The number of nitrogens with zero attached hydrogens (tertiary/aromatic N) is 1. The van der Waals surface area contributed by atoms with E-state index < -0.39 is 0 Å². The lowest BCUT2D eigenvalue weighted by Crippen LogP contribution is -2.12. The fourth-order valence-electron chi connectivity index (χ4n) is 1.46. The molecule has 0 fully saturated rings. The molecule has 1 heterocycles. The highest BCUT2D eigenvalue weighted by molar-refractivity contribution is 5.53. The number of oxazole rings is 1. The van der Waals surface area contributed by atoms with Gasteiger partial charge in [-0.15, -0.1) is 0 Å². The van der Waals surface area contributed by atoms with Crippen molar-refractivity contribution in [3.63, 3.8) is 0 Å². The third-order valence-electron chi connectivity index (χ3n) is 2.70. The van der Waals surface area contributed by atoms with Crippen molar-refractivity contribution in [2.45, 2.75) is 19.9 Å². The third-order valence-corrected chi connectivity index (χ3v) is 2.70. The summed E-state index contributed by atoms with van der Waals surface area (Å²) in [5.74, 6) is 0.678. The third kappa shape index (κ3) is 2.14. The van der Waals surface area contributed by atoms with Crippen molar-refractivity contribution in [2.75, 3.05) is 7.05 Å². The Kier molecular flexibility index (Phi) is 3.06. The van der Waals surface area contributed by atoms with E-state index in [1.54, 1.807) is 6.26 Å². The second-order valence-electron chi connectivity index (χ2n) is 3.95. The van der Waals surface area contributed by atoms with Gasteiger partial charge in [-0.05, 0) is 33.0 Å². The Balaban J connectivity index is 2.28. The lowest BCUT2D eigenvalue weighted by atomic mass is 10.1. The molecule has 0 aliphatic rings. The first-order chi connectivity index (χ1) is 7.70. The molecular weight excluding hydrogens is 200 g/mol. The van der Waals surface area contributed by atoms with Crippen LogP contribution in [0.25, 0.3) is 11.5 Å². The van der Waals surface area contributed by atoms with Crippen LogP contribution in [0.4, 0.5) is 0 Å². The smallest absolute Gasteiger partial charge is 0.226 e. The zero-order chi connectivity index (χ0) is 11.5. The molecule has 16 heavy (non-hydrogen) atoms. The molecule has 1 aromatic heterocycles. The number of nitrogens with one attached hydrogen (secondary N) is 1. The fraction of sp³-hybridized carbons (Fsp3) is 0.308. The van der Waals surface area contributed by atoms with Crippen molar-refractivity contribution in [2.24, 2.45) is 0 Å². The van der Waals surface area contributed by atoms with Gasteiger partial charge in [-0.3, -0.25) is 0 Å². The summed E-state index contributed by atoms with van der Waals surface area (Å²) in [7, 11) is 1.91. The fourth-order valence-corrected chi connectivity index (χ4v) is 1.46. The van der Waals surface area contributed by atoms with Crippen LogP contribution in [0.1, 0.15) is 24.2 Å². The maximum absolute atomic E-state index is 5.46. The van der Waals surface area contributed by atoms with Crippen molar-refractivity contribution < 1.29 is 4.42 Å². The summed E-state index contributed by atoms with van der Waals surface area (Å²) in [6, 6.07) is 8.37. The summed E-state index contributed by atoms with van der Waals surface area (Å²) in [5.41, 5.74) is 3.18. The highest BCUT2D eigenvalue weighted by Gasteiger charge is 2.10. The zero-order valence-corrected chi connectivity index (χ0v) is 9.82. The molecule has 1 aromatic carbocycles. The lowest BCUT2D eigenvalue weighted by molar-refractivity contribution is 0.564. The molecule has 1 N–H and O–H groups in total. The van der Waals surface area contributed by atoms with Crippen molar-refractivity contribution in [1.82, 2.24) is 10.3 Å². The molecule has 0 bridgehead atoms. The minimum Gasteiger partial charge on any atom is -0.444 e. The minimum absolute atomic E-state index is 0.211. The summed E-state index contributed by atoms with van der Waals surface area (Å²) in [5, 5.41) is 3.13. The van der Waals surface area contributed by atoms with Crippen LogP contribution in [0.3, 0.4) is 0 Å². The number of rotatable bonds is 3. The summed E-state index contributed by atoms with van der Waals surface area (Å²) < 4.78 is 5.46. The van der Waals surface area contributed by atoms with Gasteiger partial charge in [0.1, 0.15) is 6.26 Å². The SMILES string of the molecule is CNC(C)c1coc(-c2ccc(C)cc2)n1. The first-order valence-electron chi connectivity index (χ1n) is 5.40. The van der Waals surface area contributed by atoms with Gasteiger partial charge in [0.2, 0.25) is 5.89 Å². The van der Waals surface area contributed by atoms with Gasteiger partial charge in [-0.2, -0.15) is 0 Å². The predicted octanol–water partition coefficient (Wildman–Crippen LogP) is 2.93. The van der Waals surface area contributed by atoms with E-state index in [0.717, 1.165) is 11.3 Å². The molecule has 0 spiro atoms. The Morgan fingerprint density at radius 3 is 2.56 bits per heavy atom. The highest BCUT2D eigenvalue weighted by Crippen LogP contribution is 2.21. The zero-order valence-electron chi connectivity index (χ0n) is 9.82. The maximum atomic E-state index is 5.46. The second-order valence-corrected chi connectivity index (χ2v) is 3.95. The topological polar surface area (TPSA) is 38.1 Å². The molecule has 84 valence electrons. The minimum atomic E-state index is 0.211. The van der Waals surface area contributed by atoms with Crippen LogP contribution in [-0.4, -0.2) is 12.0 Å². The van der Waals surface area contributed by atoms with Crippen LogP contribution >= 0.6 is 0 Å². The van der Waals surface area contributed by atoms with E-state index in [1.807, 2.05) is 19.2 Å². The van der Waals surface area contributed by atoms with E-state index >= 15 is 0 Å². The molecule has 0 saturated heterocycles.